The van der Waals surface area contributed by atoms with Crippen LogP contribution in [0.5, 0.6) is 0 Å². The summed E-state index contributed by atoms with van der Waals surface area (Å²) in [7, 11) is -3.47. The highest BCUT2D eigenvalue weighted by molar-refractivity contribution is 7.90. The Balaban J connectivity index is 1.25. The first kappa shape index (κ1) is 22.7. The Bertz CT molecular complexity index is 831. The maximum atomic E-state index is 12.0. The van der Waals surface area contributed by atoms with Crippen molar-refractivity contribution < 1.29 is 13.2 Å². The predicted octanol–water partition coefficient (Wildman–Crippen LogP) is 2.67. The number of nitrogens with one attached hydrogen (secondary N) is 2. The lowest BCUT2D eigenvalue weighted by Crippen LogP contribution is -2.30. The minimum atomic E-state index is -3.47. The number of hydrogen-bond donors (Lipinski definition) is 2. The fourth-order valence-corrected chi connectivity index (χ4v) is 5.25. The number of amides is 1. The van der Waals surface area contributed by atoms with E-state index in [1.54, 1.807) is 18.2 Å². The zero-order valence-electron chi connectivity index (χ0n) is 17.7. The molecule has 0 radical (unpaired) electrons. The summed E-state index contributed by atoms with van der Waals surface area (Å²) in [6.45, 7) is 4.77. The van der Waals surface area contributed by atoms with Crippen molar-refractivity contribution in [3.8, 4) is 0 Å². The molecule has 0 unspecified atom stereocenters. The van der Waals surface area contributed by atoms with Gasteiger partial charge in [0, 0.05) is 25.1 Å². The maximum absolute atomic E-state index is 12.0. The topological polar surface area (TPSA) is 90.9 Å². The first-order valence-corrected chi connectivity index (χ1v) is 12.7. The molecule has 0 bridgehead atoms. The number of fused-ring (bicyclic) bond motifs is 1. The van der Waals surface area contributed by atoms with Crippen LogP contribution >= 0.6 is 0 Å². The van der Waals surface area contributed by atoms with Crippen molar-refractivity contribution in [1.82, 2.24) is 14.9 Å². The quantitative estimate of drug-likeness (QED) is 0.554. The van der Waals surface area contributed by atoms with Crippen LogP contribution in [0, 0.1) is 0 Å². The Morgan fingerprint density at radius 1 is 1.03 bits per heavy atom. The Hall–Kier alpha value is -1.93. The van der Waals surface area contributed by atoms with E-state index in [0.717, 1.165) is 38.8 Å². The molecule has 2 aliphatic rings. The van der Waals surface area contributed by atoms with Crippen molar-refractivity contribution in [3.63, 3.8) is 0 Å². The highest BCUT2D eigenvalue weighted by Crippen LogP contribution is 2.22. The van der Waals surface area contributed by atoms with Gasteiger partial charge in [-0.1, -0.05) is 31.4 Å². The number of rotatable bonds is 10. The Kier molecular flexibility index (Phi) is 8.69. The number of carbonyl (C=O) groups excluding carboxylic acids is 1. The van der Waals surface area contributed by atoms with Gasteiger partial charge in [0.25, 0.3) is 10.0 Å². The van der Waals surface area contributed by atoms with Gasteiger partial charge in [-0.25, -0.2) is 8.42 Å². The van der Waals surface area contributed by atoms with Crippen LogP contribution < -0.4 is 10.0 Å². The van der Waals surface area contributed by atoms with Crippen LogP contribution in [0.2, 0.25) is 0 Å². The predicted molar refractivity (Wildman–Crippen MR) is 119 cm³/mol. The number of sulfonamides is 1. The largest absolute Gasteiger partial charge is 0.356 e. The van der Waals surface area contributed by atoms with Crippen LogP contribution in [0.1, 0.15) is 63.4 Å². The first-order chi connectivity index (χ1) is 14.6. The van der Waals surface area contributed by atoms with E-state index < -0.39 is 10.0 Å². The van der Waals surface area contributed by atoms with E-state index >= 15 is 0 Å². The summed E-state index contributed by atoms with van der Waals surface area (Å²) in [5.41, 5.74) is 0.636. The van der Waals surface area contributed by atoms with Crippen molar-refractivity contribution in [2.45, 2.75) is 62.7 Å². The van der Waals surface area contributed by atoms with Crippen LogP contribution in [-0.4, -0.2) is 57.8 Å². The number of hydrogen-bond acceptors (Lipinski definition) is 5. The number of benzene rings is 1. The first-order valence-electron chi connectivity index (χ1n) is 11.2. The van der Waals surface area contributed by atoms with Gasteiger partial charge in [-0.05, 0) is 63.9 Å². The monoisotopic (exact) mass is 434 g/mol. The Morgan fingerprint density at radius 3 is 2.60 bits per heavy atom. The molecule has 166 valence electrons. The number of likely N-dealkylation sites (tertiary alicyclic amines) is 1. The van der Waals surface area contributed by atoms with Crippen molar-refractivity contribution in [2.24, 2.45) is 4.99 Å². The summed E-state index contributed by atoms with van der Waals surface area (Å²) >= 11 is 0. The van der Waals surface area contributed by atoms with E-state index in [2.05, 4.69) is 19.9 Å². The third-order valence-electron chi connectivity index (χ3n) is 5.67. The Morgan fingerprint density at radius 2 is 1.80 bits per heavy atom. The van der Waals surface area contributed by atoms with E-state index in [1.807, 2.05) is 6.07 Å². The number of carbonyl (C=O) groups is 1. The normalized spacial score (nSPS) is 19.8. The van der Waals surface area contributed by atoms with Gasteiger partial charge in [0.15, 0.2) is 0 Å². The van der Waals surface area contributed by atoms with Gasteiger partial charge in [-0.15, -0.1) is 0 Å². The molecular formula is C22H34N4O3S. The van der Waals surface area contributed by atoms with E-state index in [0.29, 0.717) is 24.4 Å². The van der Waals surface area contributed by atoms with Crippen molar-refractivity contribution in [1.29, 1.82) is 0 Å². The molecule has 0 saturated carbocycles. The zero-order valence-corrected chi connectivity index (χ0v) is 18.6. The van der Waals surface area contributed by atoms with E-state index in [4.69, 9.17) is 0 Å². The summed E-state index contributed by atoms with van der Waals surface area (Å²) in [5, 5.41) is 3.02. The molecule has 2 N–H and O–H groups in total. The fourth-order valence-electron chi connectivity index (χ4n) is 3.99. The van der Waals surface area contributed by atoms with E-state index in [9.17, 15) is 13.2 Å². The minimum absolute atomic E-state index is 0.120. The van der Waals surface area contributed by atoms with Crippen LogP contribution in [0.25, 0.3) is 0 Å². The number of nitrogens with zero attached hydrogens (tertiary/aromatic N) is 2. The van der Waals surface area contributed by atoms with Crippen LogP contribution in [-0.2, 0) is 14.8 Å². The van der Waals surface area contributed by atoms with Gasteiger partial charge in [0.05, 0.1) is 4.90 Å². The lowest BCUT2D eigenvalue weighted by Gasteiger charge is -2.19. The number of unbranched alkanes of at least 4 members (excludes halogenated alkanes) is 2. The minimum Gasteiger partial charge on any atom is -0.356 e. The van der Waals surface area contributed by atoms with Gasteiger partial charge in [0.2, 0.25) is 5.91 Å². The highest BCUT2D eigenvalue weighted by Gasteiger charge is 2.29. The highest BCUT2D eigenvalue weighted by atomic mass is 32.2. The summed E-state index contributed by atoms with van der Waals surface area (Å²) in [5.74, 6) is 0.544. The van der Waals surface area contributed by atoms with E-state index in [1.165, 1.54) is 38.8 Å². The van der Waals surface area contributed by atoms with Gasteiger partial charge in [-0.3, -0.25) is 14.5 Å². The lowest BCUT2D eigenvalue weighted by atomic mass is 10.2. The van der Waals surface area contributed by atoms with Gasteiger partial charge >= 0.3 is 0 Å². The molecule has 1 aromatic rings. The third-order valence-corrected chi connectivity index (χ3v) is 7.06. The number of aliphatic imine (C=N–C) groups is 1. The maximum Gasteiger partial charge on any atom is 0.263 e. The smallest absolute Gasteiger partial charge is 0.263 e. The summed E-state index contributed by atoms with van der Waals surface area (Å²) < 4.78 is 26.6. The van der Waals surface area contributed by atoms with Crippen molar-refractivity contribution >= 4 is 21.8 Å². The summed E-state index contributed by atoms with van der Waals surface area (Å²) in [6, 6.07) is 6.88. The molecule has 8 heteroatoms. The van der Waals surface area contributed by atoms with Crippen LogP contribution in [0.15, 0.2) is 34.2 Å². The molecule has 30 heavy (non-hydrogen) atoms. The molecule has 1 amide bonds. The third kappa shape index (κ3) is 6.80. The molecule has 0 spiro atoms. The summed E-state index contributed by atoms with van der Waals surface area (Å²) in [6.07, 6.45) is 9.40. The molecular weight excluding hydrogens is 400 g/mol. The lowest BCUT2D eigenvalue weighted by molar-refractivity contribution is -0.121. The van der Waals surface area contributed by atoms with Crippen LogP contribution in [0.3, 0.4) is 0 Å². The van der Waals surface area contributed by atoms with Gasteiger partial charge in [0.1, 0.15) is 5.84 Å². The van der Waals surface area contributed by atoms with Crippen molar-refractivity contribution in [3.05, 3.63) is 29.8 Å². The van der Waals surface area contributed by atoms with Crippen molar-refractivity contribution in [2.75, 3.05) is 32.7 Å². The molecule has 0 aliphatic carbocycles. The fraction of sp³-hybridized carbons (Fsp3) is 0.636. The molecule has 1 saturated heterocycles. The molecule has 0 atom stereocenters. The molecule has 1 aromatic carbocycles. The molecule has 0 aromatic heterocycles. The van der Waals surface area contributed by atoms with E-state index in [-0.39, 0.29) is 10.8 Å². The summed E-state index contributed by atoms with van der Waals surface area (Å²) in [4.78, 5) is 19.2. The molecule has 7 nitrogen and oxygen atoms in total. The Labute approximate surface area is 180 Å². The second-order valence-electron chi connectivity index (χ2n) is 8.10. The number of amidine groups is 1. The standard InChI is InChI=1S/C22H34N4O3S/c27-21(23-15-10-18-26-16-8-1-2-9-17-26)13-4-3-7-14-24-22-19-11-5-6-12-20(19)30(28,29)25-22/h5-6,11-12H,1-4,7-10,13-18H2,(H,23,27)(H,24,25). The second-order valence-corrected chi connectivity index (χ2v) is 9.75. The van der Waals surface area contributed by atoms with Gasteiger partial charge in [-0.2, -0.15) is 0 Å². The van der Waals surface area contributed by atoms with Gasteiger partial charge < -0.3 is 10.2 Å². The second kappa shape index (κ2) is 11.5. The zero-order chi connectivity index (χ0) is 21.2. The SMILES string of the molecule is O=C(CCCCCN=C1NS(=O)(=O)c2ccccc21)NCCCN1CCCCCC1. The average molecular weight is 435 g/mol. The average Bonchev–Trinajstić information content (AvgIpc) is 2.89. The van der Waals surface area contributed by atoms with Crippen LogP contribution in [0.4, 0.5) is 0 Å². The molecule has 1 fully saturated rings. The molecule has 2 heterocycles. The molecule has 2 aliphatic heterocycles. The molecule has 3 rings (SSSR count).